The van der Waals surface area contributed by atoms with E-state index in [4.69, 9.17) is 9.47 Å². The first-order valence-electron chi connectivity index (χ1n) is 8.70. The van der Waals surface area contributed by atoms with E-state index in [2.05, 4.69) is 42.4 Å². The number of rotatable bonds is 7. The Hall–Kier alpha value is -2.64. The normalized spacial score (nSPS) is 10.7. The van der Waals surface area contributed by atoms with E-state index < -0.39 is 0 Å². The zero-order chi connectivity index (χ0) is 20.6. The number of halogens is 2. The van der Waals surface area contributed by atoms with Crippen molar-refractivity contribution in [3.05, 3.63) is 92.4 Å². The Morgan fingerprint density at radius 2 is 1.79 bits per heavy atom. The maximum absolute atomic E-state index is 12.0. The first kappa shape index (κ1) is 21.1. The van der Waals surface area contributed by atoms with Gasteiger partial charge in [-0.05, 0) is 63.5 Å². The summed E-state index contributed by atoms with van der Waals surface area (Å²) in [5.41, 5.74) is 4.84. The molecule has 0 spiro atoms. The molecule has 0 unspecified atom stereocenters. The van der Waals surface area contributed by atoms with Gasteiger partial charge in [0.15, 0.2) is 11.5 Å². The van der Waals surface area contributed by atoms with Crippen molar-refractivity contribution < 1.29 is 14.3 Å². The lowest BCUT2D eigenvalue weighted by molar-refractivity contribution is 0.0955. The van der Waals surface area contributed by atoms with Crippen LogP contribution in [0.15, 0.2) is 80.8 Å². The van der Waals surface area contributed by atoms with Crippen LogP contribution in [0.2, 0.25) is 0 Å². The van der Waals surface area contributed by atoms with E-state index in [-0.39, 0.29) is 5.91 Å². The molecule has 0 saturated carbocycles. The van der Waals surface area contributed by atoms with Gasteiger partial charge in [-0.3, -0.25) is 4.79 Å². The second kappa shape index (κ2) is 10.2. The highest BCUT2D eigenvalue weighted by Crippen LogP contribution is 2.36. The van der Waals surface area contributed by atoms with Crippen LogP contribution in [-0.4, -0.2) is 19.2 Å². The smallest absolute Gasteiger partial charge is 0.271 e. The van der Waals surface area contributed by atoms with E-state index in [1.54, 1.807) is 43.7 Å². The van der Waals surface area contributed by atoms with E-state index >= 15 is 0 Å². The third kappa shape index (κ3) is 5.92. The van der Waals surface area contributed by atoms with E-state index in [9.17, 15) is 4.79 Å². The zero-order valence-corrected chi connectivity index (χ0v) is 18.7. The number of nitrogens with zero attached hydrogens (tertiary/aromatic N) is 1. The van der Waals surface area contributed by atoms with Crippen LogP contribution in [0.1, 0.15) is 21.5 Å². The lowest BCUT2D eigenvalue weighted by Crippen LogP contribution is -2.17. The molecule has 0 saturated heterocycles. The molecule has 5 nitrogen and oxygen atoms in total. The quantitative estimate of drug-likeness (QED) is 0.329. The fourth-order valence-electron chi connectivity index (χ4n) is 2.51. The van der Waals surface area contributed by atoms with Crippen molar-refractivity contribution in [2.75, 3.05) is 7.11 Å². The van der Waals surface area contributed by atoms with Crippen molar-refractivity contribution in [2.24, 2.45) is 5.10 Å². The largest absolute Gasteiger partial charge is 0.493 e. The summed E-state index contributed by atoms with van der Waals surface area (Å²) >= 11 is 6.94. The number of methoxy groups -OCH3 is 1. The van der Waals surface area contributed by atoms with E-state index in [1.807, 2.05) is 36.4 Å². The van der Waals surface area contributed by atoms with Crippen molar-refractivity contribution in [1.29, 1.82) is 0 Å². The van der Waals surface area contributed by atoms with Crippen LogP contribution in [0, 0.1) is 0 Å². The lowest BCUT2D eigenvalue weighted by atomic mass is 10.2. The Morgan fingerprint density at radius 1 is 1.07 bits per heavy atom. The van der Waals surface area contributed by atoms with Gasteiger partial charge in [0.1, 0.15) is 6.61 Å². The van der Waals surface area contributed by atoms with Crippen LogP contribution in [-0.2, 0) is 6.61 Å². The number of hydrazone groups is 1. The van der Waals surface area contributed by atoms with Crippen molar-refractivity contribution in [3.63, 3.8) is 0 Å². The molecule has 148 valence electrons. The van der Waals surface area contributed by atoms with Crippen molar-refractivity contribution >= 4 is 44.0 Å². The fourth-order valence-corrected chi connectivity index (χ4v) is 3.35. The van der Waals surface area contributed by atoms with Gasteiger partial charge < -0.3 is 9.47 Å². The van der Waals surface area contributed by atoms with Crippen LogP contribution in [0.4, 0.5) is 0 Å². The highest BCUT2D eigenvalue weighted by Gasteiger charge is 2.12. The van der Waals surface area contributed by atoms with Crippen LogP contribution in [0.3, 0.4) is 0 Å². The second-order valence-electron chi connectivity index (χ2n) is 6.01. The molecule has 7 heteroatoms. The molecule has 29 heavy (non-hydrogen) atoms. The molecule has 0 aliphatic rings. The molecule has 0 aliphatic heterocycles. The van der Waals surface area contributed by atoms with Gasteiger partial charge in [-0.1, -0.05) is 46.3 Å². The van der Waals surface area contributed by atoms with E-state index in [0.29, 0.717) is 23.7 Å². The maximum atomic E-state index is 12.0. The number of amides is 1. The molecule has 3 rings (SSSR count). The number of ether oxygens (including phenoxy) is 2. The fraction of sp³-hybridized carbons (Fsp3) is 0.0909. The lowest BCUT2D eigenvalue weighted by Gasteiger charge is -2.13. The van der Waals surface area contributed by atoms with Crippen LogP contribution >= 0.6 is 31.9 Å². The Labute approximate surface area is 186 Å². The van der Waals surface area contributed by atoms with Crippen molar-refractivity contribution in [1.82, 2.24) is 5.43 Å². The van der Waals surface area contributed by atoms with Crippen molar-refractivity contribution in [3.8, 4) is 11.5 Å². The molecule has 0 bridgehead atoms. The Balaban J connectivity index is 1.68. The number of hydrogen-bond donors (Lipinski definition) is 1. The maximum Gasteiger partial charge on any atom is 0.271 e. The average Bonchev–Trinajstić information content (AvgIpc) is 2.74. The molecule has 1 amide bonds. The van der Waals surface area contributed by atoms with Gasteiger partial charge in [-0.2, -0.15) is 5.10 Å². The third-order valence-electron chi connectivity index (χ3n) is 3.96. The summed E-state index contributed by atoms with van der Waals surface area (Å²) < 4.78 is 13.1. The Kier molecular flexibility index (Phi) is 7.43. The number of hydrogen-bond acceptors (Lipinski definition) is 4. The van der Waals surface area contributed by atoms with Crippen LogP contribution in [0.5, 0.6) is 11.5 Å². The summed E-state index contributed by atoms with van der Waals surface area (Å²) in [7, 11) is 1.58. The molecular formula is C22H18Br2N2O3. The third-order valence-corrected chi connectivity index (χ3v) is 5.08. The first-order chi connectivity index (χ1) is 14.1. The molecule has 0 atom stereocenters. The van der Waals surface area contributed by atoms with E-state index in [1.165, 1.54) is 0 Å². The highest BCUT2D eigenvalue weighted by molar-refractivity contribution is 9.10. The molecule has 0 radical (unpaired) electrons. The highest BCUT2D eigenvalue weighted by atomic mass is 79.9. The molecule has 0 aromatic heterocycles. The first-order valence-corrected chi connectivity index (χ1v) is 10.3. The van der Waals surface area contributed by atoms with Gasteiger partial charge in [0.25, 0.3) is 5.91 Å². The summed E-state index contributed by atoms with van der Waals surface area (Å²) in [6.45, 7) is 0.406. The molecule has 0 aliphatic carbocycles. The van der Waals surface area contributed by atoms with Crippen LogP contribution < -0.4 is 14.9 Å². The molecule has 3 aromatic rings. The number of nitrogens with one attached hydrogen (secondary N) is 1. The molecular weight excluding hydrogens is 500 g/mol. The van der Waals surface area contributed by atoms with Gasteiger partial charge in [0.2, 0.25) is 0 Å². The minimum Gasteiger partial charge on any atom is -0.493 e. The summed E-state index contributed by atoms with van der Waals surface area (Å²) in [6, 6.07) is 20.4. The summed E-state index contributed by atoms with van der Waals surface area (Å²) in [6.07, 6.45) is 1.55. The predicted octanol–water partition coefficient (Wildman–Crippen LogP) is 5.56. The topological polar surface area (TPSA) is 59.9 Å². The van der Waals surface area contributed by atoms with Crippen LogP contribution in [0.25, 0.3) is 0 Å². The molecule has 1 N–H and O–H groups in total. The van der Waals surface area contributed by atoms with Gasteiger partial charge in [-0.25, -0.2) is 5.43 Å². The summed E-state index contributed by atoms with van der Waals surface area (Å²) in [4.78, 5) is 12.0. The standard InChI is InChI=1S/C22H18Br2N2O3/c1-28-20-12-16(13-25-26-22(27)17-5-3-2-4-6-17)11-19(24)21(20)29-14-15-7-9-18(23)10-8-15/h2-13H,14H2,1H3,(H,26,27)/b25-13-. The van der Waals surface area contributed by atoms with Gasteiger partial charge in [0.05, 0.1) is 17.8 Å². The Morgan fingerprint density at radius 3 is 2.48 bits per heavy atom. The number of carbonyl (C=O) groups excluding carboxylic acids is 1. The SMILES string of the molecule is COc1cc(/C=N\NC(=O)c2ccccc2)cc(Br)c1OCc1ccc(Br)cc1. The minimum absolute atomic E-state index is 0.276. The minimum atomic E-state index is -0.276. The predicted molar refractivity (Wildman–Crippen MR) is 121 cm³/mol. The zero-order valence-electron chi connectivity index (χ0n) is 15.6. The Bertz CT molecular complexity index is 1010. The van der Waals surface area contributed by atoms with Crippen molar-refractivity contribution in [2.45, 2.75) is 6.61 Å². The van der Waals surface area contributed by atoms with Gasteiger partial charge in [-0.15, -0.1) is 0 Å². The van der Waals surface area contributed by atoms with E-state index in [0.717, 1.165) is 20.1 Å². The average molecular weight is 518 g/mol. The monoisotopic (exact) mass is 516 g/mol. The number of carbonyl (C=O) groups is 1. The molecule has 0 heterocycles. The summed E-state index contributed by atoms with van der Waals surface area (Å²) in [5, 5.41) is 4.02. The second-order valence-corrected chi connectivity index (χ2v) is 7.78. The molecule has 0 fully saturated rings. The summed E-state index contributed by atoms with van der Waals surface area (Å²) in [5.74, 6) is 0.885. The molecule has 3 aromatic carbocycles. The van der Waals surface area contributed by atoms with Gasteiger partial charge in [0, 0.05) is 10.0 Å². The number of benzene rings is 3. The van der Waals surface area contributed by atoms with Gasteiger partial charge >= 0.3 is 0 Å².